The van der Waals surface area contributed by atoms with E-state index in [1.54, 1.807) is 0 Å². The molecular weight excluding hydrogens is 206 g/mol. The van der Waals surface area contributed by atoms with Gasteiger partial charge in [0.25, 0.3) is 0 Å². The fourth-order valence-corrected chi connectivity index (χ4v) is 1.93. The van der Waals surface area contributed by atoms with Gasteiger partial charge in [0.05, 0.1) is 0 Å². The SMILES string of the molecule is NCCCc1nc2n(n1)CC(CCO)CN2. The van der Waals surface area contributed by atoms with E-state index in [4.69, 9.17) is 10.8 Å². The third-order valence-electron chi connectivity index (χ3n) is 2.84. The normalized spacial score (nSPS) is 19.2. The second kappa shape index (κ2) is 5.27. The standard InChI is InChI=1S/C10H19N5O/c11-4-1-2-9-13-10-12-6-8(3-5-16)7-15(10)14-9/h8,16H,1-7,11H2,(H,12,13,14). The molecule has 0 saturated carbocycles. The Morgan fingerprint density at radius 2 is 2.44 bits per heavy atom. The summed E-state index contributed by atoms with van der Waals surface area (Å²) in [6.07, 6.45) is 2.57. The Balaban J connectivity index is 1.99. The van der Waals surface area contributed by atoms with Crippen LogP contribution in [0.3, 0.4) is 0 Å². The quantitative estimate of drug-likeness (QED) is 0.634. The lowest BCUT2D eigenvalue weighted by molar-refractivity contribution is 0.244. The Hall–Kier alpha value is -1.14. The molecule has 0 fully saturated rings. The van der Waals surface area contributed by atoms with Crippen LogP contribution < -0.4 is 11.1 Å². The molecule has 90 valence electrons. The zero-order valence-electron chi connectivity index (χ0n) is 9.39. The lowest BCUT2D eigenvalue weighted by Gasteiger charge is -2.22. The van der Waals surface area contributed by atoms with Crippen molar-refractivity contribution in [2.24, 2.45) is 11.7 Å². The Labute approximate surface area is 94.9 Å². The maximum atomic E-state index is 8.90. The van der Waals surface area contributed by atoms with Crippen LogP contribution in [-0.4, -0.2) is 39.6 Å². The summed E-state index contributed by atoms with van der Waals surface area (Å²) in [6, 6.07) is 0. The van der Waals surface area contributed by atoms with Crippen LogP contribution in [0.15, 0.2) is 0 Å². The van der Waals surface area contributed by atoms with Gasteiger partial charge < -0.3 is 16.2 Å². The number of rotatable bonds is 5. The molecule has 0 radical (unpaired) electrons. The van der Waals surface area contributed by atoms with Crippen molar-refractivity contribution in [2.45, 2.75) is 25.8 Å². The molecular formula is C10H19N5O. The second-order valence-electron chi connectivity index (χ2n) is 4.19. The number of fused-ring (bicyclic) bond motifs is 1. The first-order valence-electron chi connectivity index (χ1n) is 5.82. The lowest BCUT2D eigenvalue weighted by Crippen LogP contribution is -2.28. The molecule has 1 atom stereocenters. The molecule has 6 heteroatoms. The Morgan fingerprint density at radius 1 is 1.56 bits per heavy atom. The van der Waals surface area contributed by atoms with Gasteiger partial charge >= 0.3 is 0 Å². The van der Waals surface area contributed by atoms with E-state index in [1.807, 2.05) is 4.68 Å². The molecule has 0 bridgehead atoms. The molecule has 1 unspecified atom stereocenters. The highest BCUT2D eigenvalue weighted by Crippen LogP contribution is 2.17. The van der Waals surface area contributed by atoms with Gasteiger partial charge in [-0.2, -0.15) is 10.1 Å². The van der Waals surface area contributed by atoms with Gasteiger partial charge in [-0.15, -0.1) is 0 Å². The minimum Gasteiger partial charge on any atom is -0.396 e. The van der Waals surface area contributed by atoms with E-state index in [-0.39, 0.29) is 6.61 Å². The molecule has 1 aliphatic heterocycles. The Morgan fingerprint density at radius 3 is 3.19 bits per heavy atom. The number of nitrogens with one attached hydrogen (secondary N) is 1. The highest BCUT2D eigenvalue weighted by molar-refractivity contribution is 5.27. The number of anilines is 1. The monoisotopic (exact) mass is 225 g/mol. The number of hydrogen-bond donors (Lipinski definition) is 3. The van der Waals surface area contributed by atoms with Gasteiger partial charge in [0, 0.05) is 26.1 Å². The van der Waals surface area contributed by atoms with Gasteiger partial charge in [-0.05, 0) is 25.3 Å². The van der Waals surface area contributed by atoms with E-state index >= 15 is 0 Å². The third kappa shape index (κ3) is 2.51. The maximum Gasteiger partial charge on any atom is 0.221 e. The molecule has 0 aromatic carbocycles. The predicted octanol–water partition coefficient (Wildman–Crippen LogP) is -0.407. The number of hydrogen-bond acceptors (Lipinski definition) is 5. The maximum absolute atomic E-state index is 8.90. The average molecular weight is 225 g/mol. The van der Waals surface area contributed by atoms with Crippen LogP contribution >= 0.6 is 0 Å². The van der Waals surface area contributed by atoms with Gasteiger partial charge in [-0.1, -0.05) is 0 Å². The summed E-state index contributed by atoms with van der Waals surface area (Å²) in [5.74, 6) is 2.15. The number of aromatic nitrogens is 3. The fraction of sp³-hybridized carbons (Fsp3) is 0.800. The summed E-state index contributed by atoms with van der Waals surface area (Å²) in [5, 5.41) is 16.6. The molecule has 1 aromatic rings. The summed E-state index contributed by atoms with van der Waals surface area (Å²) in [7, 11) is 0. The molecule has 0 spiro atoms. The molecule has 0 saturated heterocycles. The Kier molecular flexibility index (Phi) is 3.74. The van der Waals surface area contributed by atoms with E-state index in [0.717, 1.165) is 44.1 Å². The van der Waals surface area contributed by atoms with Crippen molar-refractivity contribution in [3.8, 4) is 0 Å². The fourth-order valence-electron chi connectivity index (χ4n) is 1.93. The molecule has 0 amide bonds. The van der Waals surface area contributed by atoms with Gasteiger partial charge in [-0.3, -0.25) is 0 Å². The number of aliphatic hydroxyl groups is 1. The molecule has 1 aromatic heterocycles. The first-order valence-corrected chi connectivity index (χ1v) is 5.82. The van der Waals surface area contributed by atoms with E-state index in [1.165, 1.54) is 0 Å². The number of nitrogens with two attached hydrogens (primary N) is 1. The predicted molar refractivity (Wildman–Crippen MR) is 61.1 cm³/mol. The van der Waals surface area contributed by atoms with E-state index in [0.29, 0.717) is 12.5 Å². The smallest absolute Gasteiger partial charge is 0.221 e. The summed E-state index contributed by atoms with van der Waals surface area (Å²) in [5.41, 5.74) is 5.45. The van der Waals surface area contributed by atoms with Crippen molar-refractivity contribution in [3.05, 3.63) is 5.82 Å². The van der Waals surface area contributed by atoms with Gasteiger partial charge in [-0.25, -0.2) is 4.68 Å². The average Bonchev–Trinajstić information content (AvgIpc) is 2.68. The Bertz CT molecular complexity index is 338. The number of nitrogens with zero attached hydrogens (tertiary/aromatic N) is 3. The van der Waals surface area contributed by atoms with Crippen LogP contribution in [0.25, 0.3) is 0 Å². The van der Waals surface area contributed by atoms with E-state index in [9.17, 15) is 0 Å². The zero-order valence-corrected chi connectivity index (χ0v) is 9.39. The lowest BCUT2D eigenvalue weighted by atomic mass is 10.1. The summed E-state index contributed by atoms with van der Waals surface area (Å²) >= 11 is 0. The molecule has 2 rings (SSSR count). The molecule has 1 aliphatic rings. The van der Waals surface area contributed by atoms with E-state index < -0.39 is 0 Å². The minimum atomic E-state index is 0.233. The highest BCUT2D eigenvalue weighted by Gasteiger charge is 2.20. The van der Waals surface area contributed by atoms with Crippen molar-refractivity contribution in [2.75, 3.05) is 25.0 Å². The minimum absolute atomic E-state index is 0.233. The number of aryl methyl sites for hydroxylation is 1. The van der Waals surface area contributed by atoms with Crippen molar-refractivity contribution in [3.63, 3.8) is 0 Å². The van der Waals surface area contributed by atoms with Crippen molar-refractivity contribution < 1.29 is 5.11 Å². The first-order chi connectivity index (χ1) is 7.83. The molecule has 6 nitrogen and oxygen atoms in total. The zero-order chi connectivity index (χ0) is 11.4. The van der Waals surface area contributed by atoms with Crippen LogP contribution in [0, 0.1) is 5.92 Å². The van der Waals surface area contributed by atoms with Crippen LogP contribution in [-0.2, 0) is 13.0 Å². The van der Waals surface area contributed by atoms with Crippen molar-refractivity contribution in [1.82, 2.24) is 14.8 Å². The first kappa shape index (κ1) is 11.3. The van der Waals surface area contributed by atoms with Crippen molar-refractivity contribution in [1.29, 1.82) is 0 Å². The van der Waals surface area contributed by atoms with Gasteiger partial charge in [0.2, 0.25) is 5.95 Å². The second-order valence-corrected chi connectivity index (χ2v) is 4.19. The summed E-state index contributed by atoms with van der Waals surface area (Å²) in [4.78, 5) is 4.41. The van der Waals surface area contributed by atoms with Crippen molar-refractivity contribution >= 4 is 5.95 Å². The van der Waals surface area contributed by atoms with Crippen LogP contribution in [0.4, 0.5) is 5.95 Å². The van der Waals surface area contributed by atoms with E-state index in [2.05, 4.69) is 15.4 Å². The molecule has 16 heavy (non-hydrogen) atoms. The highest BCUT2D eigenvalue weighted by atomic mass is 16.3. The van der Waals surface area contributed by atoms with Crippen LogP contribution in [0.1, 0.15) is 18.7 Å². The topological polar surface area (TPSA) is 89.0 Å². The molecule has 4 N–H and O–H groups in total. The number of aliphatic hydroxyl groups excluding tert-OH is 1. The summed E-state index contributed by atoms with van der Waals surface area (Å²) in [6.45, 7) is 2.62. The third-order valence-corrected chi connectivity index (χ3v) is 2.84. The largest absolute Gasteiger partial charge is 0.396 e. The molecule has 2 heterocycles. The van der Waals surface area contributed by atoms with Gasteiger partial charge in [0.1, 0.15) is 0 Å². The van der Waals surface area contributed by atoms with Crippen LogP contribution in [0.2, 0.25) is 0 Å². The van der Waals surface area contributed by atoms with Gasteiger partial charge in [0.15, 0.2) is 5.82 Å². The molecule has 0 aliphatic carbocycles. The van der Waals surface area contributed by atoms with Crippen LogP contribution in [0.5, 0.6) is 0 Å². The summed E-state index contributed by atoms with van der Waals surface area (Å²) < 4.78 is 1.90.